The summed E-state index contributed by atoms with van der Waals surface area (Å²) in [7, 11) is 0. The minimum Gasteiger partial charge on any atom is -0.365 e. The Morgan fingerprint density at radius 1 is 1.03 bits per heavy atom. The summed E-state index contributed by atoms with van der Waals surface area (Å²) in [4.78, 5) is 39.4. The summed E-state index contributed by atoms with van der Waals surface area (Å²) in [5.74, 6) is -0.271. The van der Waals surface area contributed by atoms with Gasteiger partial charge in [-0.2, -0.15) is 9.78 Å². The fraction of sp³-hybridized carbons (Fsp3) is 0.190. The zero-order valence-electron chi connectivity index (χ0n) is 16.3. The van der Waals surface area contributed by atoms with Crippen LogP contribution in [-0.2, 0) is 0 Å². The third-order valence-electron chi connectivity index (χ3n) is 5.11. The first-order chi connectivity index (χ1) is 15.0. The van der Waals surface area contributed by atoms with Crippen LogP contribution in [0.4, 0.5) is 11.4 Å². The van der Waals surface area contributed by atoms with E-state index in [-0.39, 0.29) is 22.2 Å². The van der Waals surface area contributed by atoms with E-state index in [0.717, 1.165) is 0 Å². The first-order valence-corrected chi connectivity index (χ1v) is 9.95. The molecule has 0 radical (unpaired) electrons. The number of nitrogens with zero attached hydrogens (tertiary/aromatic N) is 5. The Bertz CT molecular complexity index is 1190. The average molecular weight is 440 g/mol. The maximum Gasteiger partial charge on any atom is 0.292 e. The van der Waals surface area contributed by atoms with E-state index < -0.39 is 10.5 Å². The minimum absolute atomic E-state index is 0.0670. The van der Waals surface area contributed by atoms with Crippen molar-refractivity contribution in [2.75, 3.05) is 31.1 Å². The molecule has 0 saturated carbocycles. The largest absolute Gasteiger partial charge is 0.365 e. The molecule has 4 rings (SSSR count). The lowest BCUT2D eigenvalue weighted by molar-refractivity contribution is -0.384. The quantitative estimate of drug-likeness (QED) is 0.457. The third kappa shape index (κ3) is 4.13. The van der Waals surface area contributed by atoms with Crippen LogP contribution >= 0.6 is 11.6 Å². The number of hydrogen-bond acceptors (Lipinski definition) is 6. The standard InChI is InChI=1S/C21H18ClN5O4/c22-19-18(14-23-26(21(19)29)16-6-2-1-3-7-16)24-9-11-25(12-10-24)20(28)15-5-4-8-17(13-15)27(30)31/h1-8,13-14H,9-12H2. The van der Waals surface area contributed by atoms with Crippen LogP contribution in [0.1, 0.15) is 10.4 Å². The molecule has 1 aromatic heterocycles. The molecule has 0 bridgehead atoms. The number of anilines is 1. The fourth-order valence-electron chi connectivity index (χ4n) is 3.48. The second kappa shape index (κ2) is 8.57. The van der Waals surface area contributed by atoms with Crippen LogP contribution < -0.4 is 10.5 Å². The lowest BCUT2D eigenvalue weighted by atomic mass is 10.1. The zero-order chi connectivity index (χ0) is 22.0. The number of amides is 1. The van der Waals surface area contributed by atoms with Crippen molar-refractivity contribution in [3.63, 3.8) is 0 Å². The number of para-hydroxylation sites is 1. The number of carbonyl (C=O) groups excluding carboxylic acids is 1. The van der Waals surface area contributed by atoms with E-state index in [1.165, 1.54) is 22.9 Å². The van der Waals surface area contributed by atoms with Gasteiger partial charge in [-0.15, -0.1) is 0 Å². The second-order valence-corrected chi connectivity index (χ2v) is 7.36. The van der Waals surface area contributed by atoms with E-state index in [2.05, 4.69) is 5.10 Å². The molecule has 31 heavy (non-hydrogen) atoms. The highest BCUT2D eigenvalue weighted by Crippen LogP contribution is 2.24. The molecular formula is C21H18ClN5O4. The molecule has 1 fully saturated rings. The zero-order valence-corrected chi connectivity index (χ0v) is 17.1. The summed E-state index contributed by atoms with van der Waals surface area (Å²) in [6.45, 7) is 1.69. The number of nitro groups is 1. The first-order valence-electron chi connectivity index (χ1n) is 9.57. The summed E-state index contributed by atoms with van der Waals surface area (Å²) < 4.78 is 1.24. The maximum atomic E-state index is 12.7. The van der Waals surface area contributed by atoms with Gasteiger partial charge in [-0.3, -0.25) is 19.7 Å². The molecule has 0 unspecified atom stereocenters. The van der Waals surface area contributed by atoms with E-state index in [1.54, 1.807) is 29.3 Å². The minimum atomic E-state index is -0.526. The normalized spacial score (nSPS) is 13.8. The molecule has 158 valence electrons. The molecule has 1 amide bonds. The highest BCUT2D eigenvalue weighted by atomic mass is 35.5. The molecule has 0 aliphatic carbocycles. The number of carbonyl (C=O) groups is 1. The molecule has 2 heterocycles. The molecule has 9 nitrogen and oxygen atoms in total. The molecule has 2 aromatic carbocycles. The molecule has 1 aliphatic heterocycles. The summed E-state index contributed by atoms with van der Waals surface area (Å²) >= 11 is 6.36. The number of hydrogen-bond donors (Lipinski definition) is 0. The van der Waals surface area contributed by atoms with Crippen molar-refractivity contribution in [3.8, 4) is 5.69 Å². The van der Waals surface area contributed by atoms with Crippen LogP contribution in [0.3, 0.4) is 0 Å². The molecule has 3 aromatic rings. The van der Waals surface area contributed by atoms with Gasteiger partial charge < -0.3 is 9.80 Å². The van der Waals surface area contributed by atoms with Crippen LogP contribution in [0.5, 0.6) is 0 Å². The first kappa shape index (κ1) is 20.5. The van der Waals surface area contributed by atoms with Gasteiger partial charge in [0.25, 0.3) is 17.2 Å². The number of nitro benzene ring substituents is 1. The molecule has 0 atom stereocenters. The topological polar surface area (TPSA) is 102 Å². The number of rotatable bonds is 4. The smallest absolute Gasteiger partial charge is 0.292 e. The Morgan fingerprint density at radius 3 is 2.42 bits per heavy atom. The summed E-state index contributed by atoms with van der Waals surface area (Å²) in [5.41, 5.74) is 0.865. The monoisotopic (exact) mass is 439 g/mol. The lowest BCUT2D eigenvalue weighted by Gasteiger charge is -2.36. The Morgan fingerprint density at radius 2 is 1.74 bits per heavy atom. The number of halogens is 1. The Kier molecular flexibility index (Phi) is 5.68. The molecule has 0 spiro atoms. The van der Waals surface area contributed by atoms with E-state index >= 15 is 0 Å². The van der Waals surface area contributed by atoms with Crippen molar-refractivity contribution in [1.82, 2.24) is 14.7 Å². The Balaban J connectivity index is 1.48. The SMILES string of the molecule is O=C(c1cccc([N+](=O)[O-])c1)N1CCN(c2cnn(-c3ccccc3)c(=O)c2Cl)CC1. The predicted molar refractivity (Wildman–Crippen MR) is 116 cm³/mol. The predicted octanol–water partition coefficient (Wildman–Crippen LogP) is 2.76. The molecule has 10 heteroatoms. The van der Waals surface area contributed by atoms with Gasteiger partial charge in [-0.1, -0.05) is 35.9 Å². The summed E-state index contributed by atoms with van der Waals surface area (Å²) in [6, 6.07) is 14.7. The van der Waals surface area contributed by atoms with Gasteiger partial charge in [0.2, 0.25) is 0 Å². The van der Waals surface area contributed by atoms with Gasteiger partial charge >= 0.3 is 0 Å². The van der Waals surface area contributed by atoms with Gasteiger partial charge in [0.15, 0.2) is 0 Å². The van der Waals surface area contributed by atoms with Crippen LogP contribution in [0.25, 0.3) is 5.69 Å². The van der Waals surface area contributed by atoms with Gasteiger partial charge in [0.1, 0.15) is 5.02 Å². The maximum absolute atomic E-state index is 12.7. The van der Waals surface area contributed by atoms with Crippen molar-refractivity contribution >= 4 is 28.9 Å². The molecule has 0 N–H and O–H groups in total. The molecular weight excluding hydrogens is 422 g/mol. The van der Waals surface area contributed by atoms with Crippen LogP contribution in [0, 0.1) is 10.1 Å². The van der Waals surface area contributed by atoms with Gasteiger partial charge in [0, 0.05) is 43.9 Å². The van der Waals surface area contributed by atoms with Crippen LogP contribution in [-0.4, -0.2) is 51.7 Å². The van der Waals surface area contributed by atoms with Crippen molar-refractivity contribution in [2.45, 2.75) is 0 Å². The van der Waals surface area contributed by atoms with Crippen molar-refractivity contribution in [1.29, 1.82) is 0 Å². The van der Waals surface area contributed by atoms with Crippen molar-refractivity contribution in [3.05, 3.63) is 91.8 Å². The van der Waals surface area contributed by atoms with Crippen molar-refractivity contribution in [2.24, 2.45) is 0 Å². The van der Waals surface area contributed by atoms with E-state index in [4.69, 9.17) is 11.6 Å². The van der Waals surface area contributed by atoms with Crippen molar-refractivity contribution < 1.29 is 9.72 Å². The Hall–Kier alpha value is -3.72. The second-order valence-electron chi connectivity index (χ2n) is 6.98. The van der Waals surface area contributed by atoms with Crippen LogP contribution in [0.15, 0.2) is 65.6 Å². The number of aromatic nitrogens is 2. The molecule has 1 saturated heterocycles. The Labute approximate surface area is 182 Å². The van der Waals surface area contributed by atoms with E-state index in [0.29, 0.717) is 37.6 Å². The molecule has 1 aliphatic rings. The van der Waals surface area contributed by atoms with Gasteiger partial charge in [-0.25, -0.2) is 0 Å². The van der Waals surface area contributed by atoms with E-state index in [1.807, 2.05) is 23.1 Å². The van der Waals surface area contributed by atoms with E-state index in [9.17, 15) is 19.7 Å². The third-order valence-corrected chi connectivity index (χ3v) is 5.47. The van der Waals surface area contributed by atoms with Gasteiger partial charge in [-0.05, 0) is 18.2 Å². The summed E-state index contributed by atoms with van der Waals surface area (Å²) in [6.07, 6.45) is 1.55. The summed E-state index contributed by atoms with van der Waals surface area (Å²) in [5, 5.41) is 15.3. The van der Waals surface area contributed by atoms with Crippen LogP contribution in [0.2, 0.25) is 5.02 Å². The number of piperazine rings is 1. The number of benzene rings is 2. The average Bonchev–Trinajstić information content (AvgIpc) is 2.81. The number of non-ortho nitro benzene ring substituents is 1. The highest BCUT2D eigenvalue weighted by molar-refractivity contribution is 6.33. The van der Waals surface area contributed by atoms with Gasteiger partial charge in [0.05, 0.1) is 22.5 Å². The highest BCUT2D eigenvalue weighted by Gasteiger charge is 2.25. The fourth-order valence-corrected chi connectivity index (χ4v) is 3.73. The lowest BCUT2D eigenvalue weighted by Crippen LogP contribution is -2.49.